The first-order chi connectivity index (χ1) is 13.0. The Morgan fingerprint density at radius 2 is 1.63 bits per heavy atom. The average Bonchev–Trinajstić information content (AvgIpc) is 2.68. The van der Waals surface area contributed by atoms with E-state index < -0.39 is 22.5 Å². The maximum absolute atomic E-state index is 12.0. The van der Waals surface area contributed by atoms with Crippen LogP contribution in [-0.2, 0) is 26.7 Å². The number of hydrogen-bond donors (Lipinski definition) is 2. The summed E-state index contributed by atoms with van der Waals surface area (Å²) in [6, 6.07) is 11.8. The molecule has 0 fully saturated rings. The molecule has 2 unspecified atom stereocenters. The quantitative estimate of drug-likeness (QED) is 0.587. The topological polar surface area (TPSA) is 95.1 Å². The molecule has 0 aromatic heterocycles. The van der Waals surface area contributed by atoms with Gasteiger partial charge >= 0.3 is 0 Å². The highest BCUT2D eigenvalue weighted by Gasteiger charge is 2.13. The summed E-state index contributed by atoms with van der Waals surface area (Å²) in [5.41, 5.74) is 0.458. The van der Waals surface area contributed by atoms with Crippen molar-refractivity contribution in [3.63, 3.8) is 0 Å². The van der Waals surface area contributed by atoms with Gasteiger partial charge in [0.15, 0.2) is 11.5 Å². The van der Waals surface area contributed by atoms with Crippen LogP contribution in [-0.4, -0.2) is 29.2 Å². The van der Waals surface area contributed by atoms with Gasteiger partial charge < -0.3 is 13.7 Å². The molecule has 0 amide bonds. The van der Waals surface area contributed by atoms with Gasteiger partial charge in [-0.25, -0.2) is 8.93 Å². The number of nitrogens with one attached hydrogen (secondary N) is 2. The SMILES string of the molecule is CCCNS(=O)Oc1cc(NS(=O)OC)ccc1Oc1ccc(OC)cc1. The smallest absolute Gasteiger partial charge is 0.288 e. The number of hydrogen-bond acceptors (Lipinski definition) is 6. The van der Waals surface area contributed by atoms with E-state index in [1.54, 1.807) is 43.5 Å². The third-order valence-corrected chi connectivity index (χ3v) is 4.69. The van der Waals surface area contributed by atoms with E-state index in [9.17, 15) is 8.42 Å². The molecule has 2 N–H and O–H groups in total. The van der Waals surface area contributed by atoms with Crippen LogP contribution in [0.1, 0.15) is 13.3 Å². The van der Waals surface area contributed by atoms with Crippen LogP contribution in [0.3, 0.4) is 0 Å². The monoisotopic (exact) mass is 414 g/mol. The molecule has 0 aliphatic heterocycles. The van der Waals surface area contributed by atoms with Crippen molar-refractivity contribution in [2.24, 2.45) is 0 Å². The zero-order chi connectivity index (χ0) is 19.6. The van der Waals surface area contributed by atoms with E-state index in [1.807, 2.05) is 6.92 Å². The Morgan fingerprint density at radius 3 is 2.26 bits per heavy atom. The molecular formula is C17H22N2O6S2. The Balaban J connectivity index is 2.23. The van der Waals surface area contributed by atoms with Gasteiger partial charge in [0.2, 0.25) is 0 Å². The van der Waals surface area contributed by atoms with Gasteiger partial charge in [-0.1, -0.05) is 6.92 Å². The molecule has 0 aliphatic rings. The summed E-state index contributed by atoms with van der Waals surface area (Å²) in [7, 11) is 2.89. The normalized spacial score (nSPS) is 12.9. The molecule has 0 spiro atoms. The zero-order valence-corrected chi connectivity index (χ0v) is 16.9. The van der Waals surface area contributed by atoms with Crippen molar-refractivity contribution in [2.45, 2.75) is 13.3 Å². The van der Waals surface area contributed by atoms with Crippen molar-refractivity contribution < 1.29 is 26.3 Å². The van der Waals surface area contributed by atoms with E-state index in [1.165, 1.54) is 13.2 Å². The predicted molar refractivity (Wildman–Crippen MR) is 105 cm³/mol. The minimum atomic E-state index is -1.75. The fourth-order valence-electron chi connectivity index (χ4n) is 1.93. The van der Waals surface area contributed by atoms with Gasteiger partial charge in [-0.2, -0.15) is 4.21 Å². The van der Waals surface area contributed by atoms with Crippen LogP contribution in [0.15, 0.2) is 42.5 Å². The summed E-state index contributed by atoms with van der Waals surface area (Å²) in [6.45, 7) is 2.49. The van der Waals surface area contributed by atoms with Gasteiger partial charge in [0.05, 0.1) is 19.9 Å². The van der Waals surface area contributed by atoms with Crippen molar-refractivity contribution in [2.75, 3.05) is 25.5 Å². The standard InChI is InChI=1S/C17H22N2O6S2/c1-4-11-18-26(20)25-17-12-13(19-27(21)23-3)5-10-16(17)24-15-8-6-14(22-2)7-9-15/h5-10,12,18-19H,4,11H2,1-3H3. The summed E-state index contributed by atoms with van der Waals surface area (Å²) >= 11 is -3.46. The molecule has 0 saturated heterocycles. The molecule has 148 valence electrons. The number of methoxy groups -OCH3 is 1. The molecular weight excluding hydrogens is 392 g/mol. The molecule has 0 bridgehead atoms. The third-order valence-electron chi connectivity index (χ3n) is 3.22. The van der Waals surface area contributed by atoms with Crippen LogP contribution in [0.25, 0.3) is 0 Å². The van der Waals surface area contributed by atoms with Gasteiger partial charge in [0.1, 0.15) is 11.5 Å². The van der Waals surface area contributed by atoms with Crippen molar-refractivity contribution >= 4 is 28.2 Å². The predicted octanol–water partition coefficient (Wildman–Crippen LogP) is 3.08. The van der Waals surface area contributed by atoms with Crippen LogP contribution < -0.4 is 23.1 Å². The van der Waals surface area contributed by atoms with Crippen molar-refractivity contribution in [3.8, 4) is 23.0 Å². The number of benzene rings is 2. The third kappa shape index (κ3) is 6.83. The Hall–Kier alpha value is -2.14. The number of rotatable bonds is 11. The minimum absolute atomic E-state index is 0.214. The summed E-state index contributed by atoms with van der Waals surface area (Å²) in [5, 5.41) is 0. The van der Waals surface area contributed by atoms with E-state index in [4.69, 9.17) is 13.7 Å². The maximum Gasteiger partial charge on any atom is 0.288 e. The lowest BCUT2D eigenvalue weighted by atomic mass is 10.3. The first kappa shape index (κ1) is 21.2. The highest BCUT2D eigenvalue weighted by Crippen LogP contribution is 2.35. The van der Waals surface area contributed by atoms with E-state index in [-0.39, 0.29) is 5.75 Å². The molecule has 8 nitrogen and oxygen atoms in total. The van der Waals surface area contributed by atoms with Gasteiger partial charge in [-0.15, -0.1) is 0 Å². The number of ether oxygens (including phenoxy) is 2. The van der Waals surface area contributed by atoms with Crippen LogP contribution in [0.4, 0.5) is 5.69 Å². The van der Waals surface area contributed by atoms with Crippen LogP contribution in [0.5, 0.6) is 23.0 Å². The van der Waals surface area contributed by atoms with E-state index in [0.717, 1.165) is 6.42 Å². The molecule has 2 aromatic rings. The van der Waals surface area contributed by atoms with Crippen LogP contribution >= 0.6 is 0 Å². The van der Waals surface area contributed by atoms with Gasteiger partial charge in [-0.05, 0) is 42.8 Å². The second-order valence-corrected chi connectivity index (χ2v) is 7.09. The lowest BCUT2D eigenvalue weighted by molar-refractivity contribution is 0.412. The van der Waals surface area contributed by atoms with E-state index in [2.05, 4.69) is 13.6 Å². The first-order valence-corrected chi connectivity index (χ1v) is 10.2. The summed E-state index contributed by atoms with van der Waals surface area (Å²) < 4.78 is 50.0. The summed E-state index contributed by atoms with van der Waals surface area (Å²) in [4.78, 5) is 0. The Bertz CT molecular complexity index is 785. The first-order valence-electron chi connectivity index (χ1n) is 8.08. The molecule has 2 aromatic carbocycles. The molecule has 0 aliphatic carbocycles. The molecule has 0 saturated carbocycles. The lowest BCUT2D eigenvalue weighted by Crippen LogP contribution is -2.22. The average molecular weight is 415 g/mol. The van der Waals surface area contributed by atoms with Crippen molar-refractivity contribution in [1.82, 2.24) is 4.72 Å². The molecule has 10 heteroatoms. The zero-order valence-electron chi connectivity index (χ0n) is 15.2. The Morgan fingerprint density at radius 1 is 0.926 bits per heavy atom. The van der Waals surface area contributed by atoms with E-state index >= 15 is 0 Å². The molecule has 0 heterocycles. The lowest BCUT2D eigenvalue weighted by Gasteiger charge is -2.14. The Kier molecular flexibility index (Phi) is 8.52. The molecule has 27 heavy (non-hydrogen) atoms. The number of anilines is 1. The van der Waals surface area contributed by atoms with Crippen molar-refractivity contribution in [1.29, 1.82) is 0 Å². The Labute approximate surface area is 163 Å². The largest absolute Gasteiger partial charge is 0.497 e. The van der Waals surface area contributed by atoms with Crippen LogP contribution in [0, 0.1) is 0 Å². The molecule has 2 rings (SSSR count). The maximum atomic E-state index is 12.0. The minimum Gasteiger partial charge on any atom is -0.497 e. The molecule has 0 radical (unpaired) electrons. The fraction of sp³-hybridized carbons (Fsp3) is 0.294. The summed E-state index contributed by atoms with van der Waals surface area (Å²) in [5.74, 6) is 1.81. The molecule has 2 atom stereocenters. The van der Waals surface area contributed by atoms with Gasteiger partial charge in [-0.3, -0.25) is 8.91 Å². The fourth-order valence-corrected chi connectivity index (χ4v) is 3.05. The highest BCUT2D eigenvalue weighted by molar-refractivity contribution is 7.81. The van der Waals surface area contributed by atoms with Crippen molar-refractivity contribution in [3.05, 3.63) is 42.5 Å². The highest BCUT2D eigenvalue weighted by atomic mass is 32.2. The summed E-state index contributed by atoms with van der Waals surface area (Å²) in [6.07, 6.45) is 0.804. The van der Waals surface area contributed by atoms with Gasteiger partial charge in [0, 0.05) is 12.6 Å². The van der Waals surface area contributed by atoms with Crippen LogP contribution in [0.2, 0.25) is 0 Å². The second kappa shape index (κ2) is 10.9. The van der Waals surface area contributed by atoms with E-state index in [0.29, 0.717) is 29.5 Å². The van der Waals surface area contributed by atoms with Gasteiger partial charge in [0.25, 0.3) is 22.5 Å². The second-order valence-electron chi connectivity index (χ2n) is 5.15.